The van der Waals surface area contributed by atoms with Crippen LogP contribution in [0.3, 0.4) is 0 Å². The molecule has 3 rings (SSSR count). The Labute approximate surface area is 126 Å². The third kappa shape index (κ3) is 2.95. The highest BCUT2D eigenvalue weighted by Gasteiger charge is 2.08. The van der Waals surface area contributed by atoms with Crippen molar-refractivity contribution in [3.8, 4) is 5.69 Å². The Morgan fingerprint density at radius 1 is 1.18 bits per heavy atom. The lowest BCUT2D eigenvalue weighted by Gasteiger charge is -2.09. The van der Waals surface area contributed by atoms with E-state index < -0.39 is 0 Å². The van der Waals surface area contributed by atoms with Gasteiger partial charge in [-0.25, -0.2) is 4.98 Å². The zero-order chi connectivity index (χ0) is 15.4. The van der Waals surface area contributed by atoms with Crippen LogP contribution in [-0.2, 0) is 6.54 Å². The van der Waals surface area contributed by atoms with Crippen LogP contribution in [0.15, 0.2) is 65.8 Å². The van der Waals surface area contributed by atoms with E-state index in [1.807, 2.05) is 41.1 Å². The van der Waals surface area contributed by atoms with E-state index in [-0.39, 0.29) is 11.5 Å². The Morgan fingerprint density at radius 2 is 2.00 bits per heavy atom. The number of carbonyl (C=O) groups is 1. The van der Waals surface area contributed by atoms with Gasteiger partial charge in [0.05, 0.1) is 12.1 Å². The lowest BCUT2D eigenvalue weighted by Crippen LogP contribution is -2.25. The first-order chi connectivity index (χ1) is 10.7. The maximum Gasteiger partial charge on any atom is 0.253 e. The third-order valence-electron chi connectivity index (χ3n) is 3.21. The average molecular weight is 294 g/mol. The van der Waals surface area contributed by atoms with Gasteiger partial charge < -0.3 is 14.9 Å². The number of para-hydroxylation sites is 1. The second-order valence-electron chi connectivity index (χ2n) is 4.67. The molecule has 6 nitrogen and oxygen atoms in total. The van der Waals surface area contributed by atoms with Crippen molar-refractivity contribution in [3.05, 3.63) is 82.8 Å². The van der Waals surface area contributed by atoms with Gasteiger partial charge in [0, 0.05) is 30.3 Å². The monoisotopic (exact) mass is 294 g/mol. The number of aromatic amines is 1. The molecule has 0 atom stereocenters. The standard InChI is InChI=1S/C16H14N4O2/c21-15-7-6-12(10-18-15)16(22)19-11-14-17-8-9-20(14)13-4-2-1-3-5-13/h1-10H,11H2,(H,18,21)(H,19,22). The summed E-state index contributed by atoms with van der Waals surface area (Å²) in [6.07, 6.45) is 4.92. The molecular formula is C16H14N4O2. The van der Waals surface area contributed by atoms with Gasteiger partial charge in [0.1, 0.15) is 5.82 Å². The zero-order valence-electron chi connectivity index (χ0n) is 11.7. The summed E-state index contributed by atoms with van der Waals surface area (Å²) in [7, 11) is 0. The molecule has 6 heteroatoms. The molecule has 0 radical (unpaired) electrons. The smallest absolute Gasteiger partial charge is 0.253 e. The predicted molar refractivity (Wildman–Crippen MR) is 81.8 cm³/mol. The van der Waals surface area contributed by atoms with Crippen molar-refractivity contribution in [1.82, 2.24) is 19.9 Å². The molecule has 0 saturated carbocycles. The second kappa shape index (κ2) is 6.09. The zero-order valence-corrected chi connectivity index (χ0v) is 11.7. The number of hydrogen-bond donors (Lipinski definition) is 2. The van der Waals surface area contributed by atoms with Crippen molar-refractivity contribution in [2.24, 2.45) is 0 Å². The molecule has 0 bridgehead atoms. The van der Waals surface area contributed by atoms with Crippen LogP contribution in [0.25, 0.3) is 5.69 Å². The Morgan fingerprint density at radius 3 is 2.73 bits per heavy atom. The van der Waals surface area contributed by atoms with Gasteiger partial charge in [0.15, 0.2) is 0 Å². The van der Waals surface area contributed by atoms with Gasteiger partial charge in [-0.1, -0.05) is 18.2 Å². The van der Waals surface area contributed by atoms with Crippen molar-refractivity contribution < 1.29 is 4.79 Å². The topological polar surface area (TPSA) is 79.8 Å². The minimum Gasteiger partial charge on any atom is -0.345 e. The van der Waals surface area contributed by atoms with Crippen LogP contribution in [0.5, 0.6) is 0 Å². The second-order valence-corrected chi connectivity index (χ2v) is 4.67. The van der Waals surface area contributed by atoms with E-state index >= 15 is 0 Å². The van der Waals surface area contributed by atoms with Crippen LogP contribution in [-0.4, -0.2) is 20.4 Å². The summed E-state index contributed by atoms with van der Waals surface area (Å²) >= 11 is 0. The molecule has 3 aromatic rings. The number of benzene rings is 1. The normalized spacial score (nSPS) is 10.4. The van der Waals surface area contributed by atoms with Gasteiger partial charge in [0.2, 0.25) is 5.56 Å². The molecule has 110 valence electrons. The van der Waals surface area contributed by atoms with Crippen molar-refractivity contribution in [3.63, 3.8) is 0 Å². The maximum absolute atomic E-state index is 12.0. The summed E-state index contributed by atoms with van der Waals surface area (Å²) in [4.78, 5) is 29.8. The molecule has 0 aliphatic rings. The minimum atomic E-state index is -0.265. The van der Waals surface area contributed by atoms with Gasteiger partial charge >= 0.3 is 0 Å². The van der Waals surface area contributed by atoms with E-state index in [0.717, 1.165) is 11.5 Å². The summed E-state index contributed by atoms with van der Waals surface area (Å²) in [6, 6.07) is 12.6. The van der Waals surface area contributed by atoms with Crippen molar-refractivity contribution in [2.45, 2.75) is 6.54 Å². The van der Waals surface area contributed by atoms with Crippen LogP contribution in [0.4, 0.5) is 0 Å². The Balaban J connectivity index is 1.72. The summed E-state index contributed by atoms with van der Waals surface area (Å²) in [6.45, 7) is 0.292. The Bertz CT molecular complexity index is 816. The Hall–Kier alpha value is -3.15. The first kappa shape index (κ1) is 13.8. The number of rotatable bonds is 4. The van der Waals surface area contributed by atoms with Gasteiger partial charge in [-0.15, -0.1) is 0 Å². The summed E-state index contributed by atoms with van der Waals surface area (Å²) in [5.74, 6) is 0.461. The fourth-order valence-electron chi connectivity index (χ4n) is 2.10. The van der Waals surface area contributed by atoms with Crippen molar-refractivity contribution in [2.75, 3.05) is 0 Å². The quantitative estimate of drug-likeness (QED) is 0.765. The lowest BCUT2D eigenvalue weighted by molar-refractivity contribution is 0.0949. The molecule has 0 saturated heterocycles. The van der Waals surface area contributed by atoms with Crippen LogP contribution in [0, 0.1) is 0 Å². The predicted octanol–water partition coefficient (Wildman–Crippen LogP) is 1.49. The van der Waals surface area contributed by atoms with Gasteiger partial charge in [-0.3, -0.25) is 9.59 Å². The summed E-state index contributed by atoms with van der Waals surface area (Å²) < 4.78 is 1.91. The van der Waals surface area contributed by atoms with Crippen molar-refractivity contribution >= 4 is 5.91 Å². The molecule has 2 heterocycles. The molecule has 2 N–H and O–H groups in total. The SMILES string of the molecule is O=C(NCc1nccn1-c1ccccc1)c1ccc(=O)[nH]c1. The molecule has 22 heavy (non-hydrogen) atoms. The molecule has 1 aromatic carbocycles. The van der Waals surface area contributed by atoms with Crippen LogP contribution < -0.4 is 10.9 Å². The molecular weight excluding hydrogens is 280 g/mol. The molecule has 1 amide bonds. The number of hydrogen-bond acceptors (Lipinski definition) is 3. The number of nitrogens with one attached hydrogen (secondary N) is 2. The number of carbonyl (C=O) groups excluding carboxylic acids is 1. The Kier molecular flexibility index (Phi) is 3.82. The van der Waals surface area contributed by atoms with E-state index in [9.17, 15) is 9.59 Å². The van der Waals surface area contributed by atoms with Crippen LogP contribution in [0.2, 0.25) is 0 Å². The maximum atomic E-state index is 12.0. The highest BCUT2D eigenvalue weighted by Crippen LogP contribution is 2.10. The van der Waals surface area contributed by atoms with E-state index in [2.05, 4.69) is 15.3 Å². The number of amides is 1. The summed E-state index contributed by atoms with van der Waals surface area (Å²) in [5, 5.41) is 2.79. The number of aromatic nitrogens is 3. The first-order valence-electron chi connectivity index (χ1n) is 6.78. The molecule has 0 aliphatic heterocycles. The number of nitrogens with zero attached hydrogens (tertiary/aromatic N) is 2. The minimum absolute atomic E-state index is 0.240. The van der Waals surface area contributed by atoms with E-state index in [1.54, 1.807) is 6.20 Å². The molecule has 0 aliphatic carbocycles. The largest absolute Gasteiger partial charge is 0.345 e. The van der Waals surface area contributed by atoms with Gasteiger partial charge in [-0.05, 0) is 18.2 Å². The first-order valence-corrected chi connectivity index (χ1v) is 6.78. The number of H-pyrrole nitrogens is 1. The van der Waals surface area contributed by atoms with Gasteiger partial charge in [-0.2, -0.15) is 0 Å². The molecule has 0 unspecified atom stereocenters. The van der Waals surface area contributed by atoms with E-state index in [0.29, 0.717) is 12.1 Å². The molecule has 2 aromatic heterocycles. The lowest BCUT2D eigenvalue weighted by atomic mass is 10.2. The van der Waals surface area contributed by atoms with Crippen molar-refractivity contribution in [1.29, 1.82) is 0 Å². The fourth-order valence-corrected chi connectivity index (χ4v) is 2.10. The van der Waals surface area contributed by atoms with Crippen LogP contribution in [0.1, 0.15) is 16.2 Å². The van der Waals surface area contributed by atoms with E-state index in [4.69, 9.17) is 0 Å². The third-order valence-corrected chi connectivity index (χ3v) is 3.21. The number of pyridine rings is 1. The number of imidazole rings is 1. The molecule has 0 fully saturated rings. The van der Waals surface area contributed by atoms with Crippen LogP contribution >= 0.6 is 0 Å². The highest BCUT2D eigenvalue weighted by molar-refractivity contribution is 5.93. The highest BCUT2D eigenvalue weighted by atomic mass is 16.1. The van der Waals surface area contributed by atoms with E-state index in [1.165, 1.54) is 18.3 Å². The summed E-state index contributed by atoms with van der Waals surface area (Å²) in [5.41, 5.74) is 1.14. The molecule has 0 spiro atoms. The fraction of sp³-hybridized carbons (Fsp3) is 0.0625. The average Bonchev–Trinajstić information content (AvgIpc) is 3.02. The van der Waals surface area contributed by atoms with Gasteiger partial charge in [0.25, 0.3) is 5.91 Å².